The molecule has 8 rings (SSSR count). The molecule has 4 nitrogen and oxygen atoms in total. The quantitative estimate of drug-likeness (QED) is 0.180. The molecule has 4 heterocycles. The van der Waals surface area contributed by atoms with Gasteiger partial charge in [-0.3, -0.25) is 0 Å². The number of aryl methyl sites for hydroxylation is 4. The molecule has 2 aliphatic heterocycles. The highest BCUT2D eigenvalue weighted by Gasteiger charge is 2.29. The van der Waals surface area contributed by atoms with Gasteiger partial charge in [0.05, 0.1) is 6.85 Å². The van der Waals surface area contributed by atoms with Gasteiger partial charge in [0.1, 0.15) is 11.6 Å². The lowest BCUT2D eigenvalue weighted by molar-refractivity contribution is 0.636. The summed E-state index contributed by atoms with van der Waals surface area (Å²) < 4.78 is 41.3. The number of benzene rings is 4. The van der Waals surface area contributed by atoms with Gasteiger partial charge in [0.2, 0.25) is 0 Å². The molecule has 0 spiro atoms. The first-order chi connectivity index (χ1) is 25.9. The molecule has 0 atom stereocenters. The van der Waals surface area contributed by atoms with E-state index in [2.05, 4.69) is 97.3 Å². The van der Waals surface area contributed by atoms with Crippen molar-refractivity contribution in [2.75, 3.05) is 22.9 Å². The van der Waals surface area contributed by atoms with Gasteiger partial charge in [-0.15, -0.1) is 0 Å². The molecular formula is C45H44N4. The Morgan fingerprint density at radius 1 is 0.612 bits per heavy atom. The minimum Gasteiger partial charge on any atom is -0.326 e. The van der Waals surface area contributed by atoms with Gasteiger partial charge < -0.3 is 9.80 Å². The van der Waals surface area contributed by atoms with Crippen molar-refractivity contribution in [3.63, 3.8) is 0 Å². The molecule has 244 valence electrons. The summed E-state index contributed by atoms with van der Waals surface area (Å²) in [6.45, 7) is 10.4. The van der Waals surface area contributed by atoms with Gasteiger partial charge in [0.25, 0.3) is 0 Å². The van der Waals surface area contributed by atoms with E-state index in [1.165, 1.54) is 39.1 Å². The average molecular weight is 646 g/mol. The van der Waals surface area contributed by atoms with E-state index in [0.717, 1.165) is 67.2 Å². The average Bonchev–Trinajstić information content (AvgIpc) is 3.19. The zero-order valence-electron chi connectivity index (χ0n) is 33.7. The summed E-state index contributed by atoms with van der Waals surface area (Å²) in [5.41, 5.74) is 12.2. The fraction of sp³-hybridized carbons (Fsp3) is 0.244. The molecule has 0 N–H and O–H groups in total. The largest absolute Gasteiger partial charge is 0.326 e. The third-order valence-corrected chi connectivity index (χ3v) is 10.5. The van der Waals surface area contributed by atoms with E-state index in [1.54, 1.807) is 6.20 Å². The standard InChI is InChI=1S/C45H44N4/c1-31-25-43(46-29-39(31)33-13-7-5-8-14-33)48-23-11-17-35-19-21-37(27-41(35)48)45(3,4)38-22-20-36-18-12-24-49(42(36)28-38)44-26-32(2)40(30-47-44)34-15-9-6-10-16-34/h5-10,13-16,19-22,25-30H,11-12,17-18,23-24H2,1-4H3/i5D,7D,8D,13D,14D. The molecule has 2 aliphatic rings. The van der Waals surface area contributed by atoms with Crippen LogP contribution in [0.1, 0.15) is 66.9 Å². The van der Waals surface area contributed by atoms with Crippen LogP contribution in [0.2, 0.25) is 0 Å². The minimum absolute atomic E-state index is 0.180. The molecule has 6 aromatic rings. The second kappa shape index (κ2) is 12.7. The highest BCUT2D eigenvalue weighted by Crippen LogP contribution is 2.42. The Hall–Kier alpha value is -5.22. The number of hydrogen-bond acceptors (Lipinski definition) is 4. The number of anilines is 4. The summed E-state index contributed by atoms with van der Waals surface area (Å²) in [7, 11) is 0. The second-order valence-electron chi connectivity index (χ2n) is 13.9. The number of hydrogen-bond donors (Lipinski definition) is 0. The monoisotopic (exact) mass is 645 g/mol. The number of fused-ring (bicyclic) bond motifs is 2. The van der Waals surface area contributed by atoms with Gasteiger partial charge >= 0.3 is 0 Å². The number of rotatable bonds is 6. The summed E-state index contributed by atoms with van der Waals surface area (Å²) in [6, 6.07) is 26.9. The predicted octanol–water partition coefficient (Wildman–Crippen LogP) is 10.9. The first-order valence-corrected chi connectivity index (χ1v) is 17.3. The zero-order chi connectivity index (χ0) is 37.9. The van der Waals surface area contributed by atoms with Gasteiger partial charge in [-0.05, 0) is 108 Å². The van der Waals surface area contributed by atoms with Crippen molar-refractivity contribution in [2.45, 2.75) is 58.8 Å². The van der Waals surface area contributed by atoms with Crippen LogP contribution in [0.3, 0.4) is 0 Å². The van der Waals surface area contributed by atoms with Gasteiger partial charge in [-0.25, -0.2) is 9.97 Å². The Bertz CT molecular complexity index is 2400. The normalized spacial score (nSPS) is 15.8. The van der Waals surface area contributed by atoms with Crippen LogP contribution < -0.4 is 9.80 Å². The van der Waals surface area contributed by atoms with Gasteiger partial charge in [-0.1, -0.05) is 98.7 Å². The molecule has 2 aromatic heterocycles. The maximum Gasteiger partial charge on any atom is 0.133 e. The Kier molecular flexibility index (Phi) is 6.66. The van der Waals surface area contributed by atoms with Crippen LogP contribution in [0.25, 0.3) is 22.3 Å². The van der Waals surface area contributed by atoms with Gasteiger partial charge in [0.15, 0.2) is 0 Å². The van der Waals surface area contributed by atoms with E-state index in [9.17, 15) is 0 Å². The highest BCUT2D eigenvalue weighted by atomic mass is 15.2. The van der Waals surface area contributed by atoms with Gasteiger partial charge in [0, 0.05) is 53.4 Å². The van der Waals surface area contributed by atoms with Crippen molar-refractivity contribution in [2.24, 2.45) is 0 Å². The lowest BCUT2D eigenvalue weighted by atomic mass is 9.76. The van der Waals surface area contributed by atoms with Gasteiger partial charge in [-0.2, -0.15) is 0 Å². The molecule has 0 saturated heterocycles. The first-order valence-electron chi connectivity index (χ1n) is 19.8. The van der Waals surface area contributed by atoms with E-state index < -0.39 is 6.04 Å². The SMILES string of the molecule is [2H]c1c([2H])c([2H])c(-c2cnc(N3CCCc4ccc(C(C)(C)c5ccc6c(c5)N(c5cc(C)c(-c7ccccc7)cn5)CCC6)cc43)cc2C)c([2H])c1[2H]. The molecule has 0 saturated carbocycles. The molecule has 0 fully saturated rings. The van der Waals surface area contributed by atoms with Crippen molar-refractivity contribution < 1.29 is 6.85 Å². The van der Waals surface area contributed by atoms with Crippen LogP contribution in [0.15, 0.2) is 121 Å². The summed E-state index contributed by atoms with van der Waals surface area (Å²) in [4.78, 5) is 14.5. The Labute approximate surface area is 298 Å². The highest BCUT2D eigenvalue weighted by molar-refractivity contribution is 5.74. The van der Waals surface area contributed by atoms with Crippen molar-refractivity contribution in [3.05, 3.63) is 155 Å². The van der Waals surface area contributed by atoms with Crippen molar-refractivity contribution >= 4 is 23.0 Å². The third-order valence-electron chi connectivity index (χ3n) is 10.5. The number of nitrogens with zero attached hydrogens (tertiary/aromatic N) is 4. The van der Waals surface area contributed by atoms with Crippen LogP contribution in [0, 0.1) is 13.8 Å². The Morgan fingerprint density at radius 2 is 1.12 bits per heavy atom. The molecule has 4 heteroatoms. The third kappa shape index (κ3) is 5.80. The summed E-state index contributed by atoms with van der Waals surface area (Å²) in [5.74, 6) is 1.76. The summed E-state index contributed by atoms with van der Waals surface area (Å²) >= 11 is 0. The zero-order valence-corrected chi connectivity index (χ0v) is 28.7. The smallest absolute Gasteiger partial charge is 0.133 e. The van der Waals surface area contributed by atoms with Crippen LogP contribution in [0.5, 0.6) is 0 Å². The fourth-order valence-corrected chi connectivity index (χ4v) is 7.51. The van der Waals surface area contributed by atoms with Crippen LogP contribution in [-0.4, -0.2) is 23.1 Å². The van der Waals surface area contributed by atoms with Crippen LogP contribution in [-0.2, 0) is 18.3 Å². The molecule has 0 aliphatic carbocycles. The lowest BCUT2D eigenvalue weighted by Crippen LogP contribution is -2.28. The van der Waals surface area contributed by atoms with Crippen LogP contribution >= 0.6 is 0 Å². The molecule has 0 unspecified atom stereocenters. The van der Waals surface area contributed by atoms with Crippen molar-refractivity contribution in [3.8, 4) is 22.3 Å². The summed E-state index contributed by atoms with van der Waals surface area (Å²) in [6.07, 6.45) is 7.76. The lowest BCUT2D eigenvalue weighted by Gasteiger charge is -2.35. The van der Waals surface area contributed by atoms with E-state index in [1.807, 2.05) is 25.3 Å². The second-order valence-corrected chi connectivity index (χ2v) is 13.9. The predicted molar refractivity (Wildman–Crippen MR) is 204 cm³/mol. The first kappa shape index (κ1) is 25.8. The van der Waals surface area contributed by atoms with Crippen LogP contribution in [0.4, 0.5) is 23.0 Å². The fourth-order valence-electron chi connectivity index (χ4n) is 7.51. The minimum atomic E-state index is -0.395. The molecule has 0 radical (unpaired) electrons. The van der Waals surface area contributed by atoms with E-state index in [-0.39, 0.29) is 35.1 Å². The van der Waals surface area contributed by atoms with E-state index in [4.69, 9.17) is 16.8 Å². The maximum absolute atomic E-state index is 8.50. The van der Waals surface area contributed by atoms with Crippen molar-refractivity contribution in [1.29, 1.82) is 0 Å². The Morgan fingerprint density at radius 3 is 1.63 bits per heavy atom. The summed E-state index contributed by atoms with van der Waals surface area (Å²) in [5, 5.41) is 0. The topological polar surface area (TPSA) is 32.3 Å². The number of aromatic nitrogens is 2. The Balaban J connectivity index is 1.12. The van der Waals surface area contributed by atoms with E-state index in [0.29, 0.717) is 5.56 Å². The molecule has 0 amide bonds. The molecule has 4 aromatic carbocycles. The molecule has 0 bridgehead atoms. The maximum atomic E-state index is 8.50. The van der Waals surface area contributed by atoms with Crippen molar-refractivity contribution in [1.82, 2.24) is 9.97 Å². The number of pyridine rings is 2. The molecule has 49 heavy (non-hydrogen) atoms. The van der Waals surface area contributed by atoms with E-state index >= 15 is 0 Å². The molecular weight excluding hydrogens is 597 g/mol.